The van der Waals surface area contributed by atoms with Gasteiger partial charge in [0.15, 0.2) is 0 Å². The molecule has 4 heteroatoms. The Hall–Kier alpha value is -1.32. The van der Waals surface area contributed by atoms with Crippen LogP contribution in [0.1, 0.15) is 39.5 Å². The number of carbonyl (C=O) groups excluding carboxylic acids is 2. The van der Waals surface area contributed by atoms with Crippen molar-refractivity contribution in [2.24, 2.45) is 5.41 Å². The number of hydrogen-bond acceptors (Lipinski definition) is 4. The Bertz CT molecular complexity index is 277. The van der Waals surface area contributed by atoms with Crippen molar-refractivity contribution in [2.45, 2.75) is 39.5 Å². The normalized spacial score (nSPS) is 24.6. The quantitative estimate of drug-likeness (QED) is 0.481. The lowest BCUT2D eigenvalue weighted by Crippen LogP contribution is -2.28. The Morgan fingerprint density at radius 3 is 1.76 bits per heavy atom. The van der Waals surface area contributed by atoms with E-state index in [0.717, 1.165) is 0 Å². The molecule has 0 saturated heterocycles. The van der Waals surface area contributed by atoms with Gasteiger partial charge < -0.3 is 9.47 Å². The molecule has 0 N–H and O–H groups in total. The summed E-state index contributed by atoms with van der Waals surface area (Å²) < 4.78 is 10.3. The minimum absolute atomic E-state index is 0.201. The molecule has 0 spiro atoms. The minimum Gasteiger partial charge on any atom is -0.465 e. The van der Waals surface area contributed by atoms with Crippen LogP contribution in [0.15, 0.2) is 12.2 Å². The van der Waals surface area contributed by atoms with Crippen molar-refractivity contribution in [3.8, 4) is 0 Å². The summed E-state index contributed by atoms with van der Waals surface area (Å²) >= 11 is 0. The summed E-state index contributed by atoms with van der Waals surface area (Å²) in [6.07, 6.45) is 5.90. The van der Waals surface area contributed by atoms with E-state index in [0.29, 0.717) is 25.7 Å². The zero-order valence-corrected chi connectivity index (χ0v) is 10.5. The van der Waals surface area contributed by atoms with Gasteiger partial charge >= 0.3 is 11.9 Å². The molecule has 1 aliphatic heterocycles. The van der Waals surface area contributed by atoms with Gasteiger partial charge in [-0.2, -0.15) is 0 Å². The molecule has 0 aromatic heterocycles. The second kappa shape index (κ2) is 6.42. The molecule has 0 unspecified atom stereocenters. The Labute approximate surface area is 102 Å². The lowest BCUT2D eigenvalue weighted by atomic mass is 9.96. The molecule has 0 aromatic carbocycles. The third-order valence-corrected chi connectivity index (χ3v) is 2.44. The molecule has 1 heterocycles. The van der Waals surface area contributed by atoms with Crippen LogP contribution in [0, 0.1) is 5.41 Å². The number of esters is 2. The molecule has 0 aromatic rings. The molecule has 0 bridgehead atoms. The SMILES string of the molecule is CC1(C)COC(=O)CC/C=C/CCC(=O)OC1. The van der Waals surface area contributed by atoms with Crippen molar-refractivity contribution < 1.29 is 19.1 Å². The van der Waals surface area contributed by atoms with E-state index in [-0.39, 0.29) is 30.6 Å². The van der Waals surface area contributed by atoms with Crippen molar-refractivity contribution in [1.82, 2.24) is 0 Å². The number of cyclic esters (lactones) is 2. The molecule has 4 nitrogen and oxygen atoms in total. The van der Waals surface area contributed by atoms with E-state index in [1.54, 1.807) is 0 Å². The van der Waals surface area contributed by atoms with Crippen LogP contribution in [0.25, 0.3) is 0 Å². The van der Waals surface area contributed by atoms with Crippen LogP contribution in [0.2, 0.25) is 0 Å². The summed E-state index contributed by atoms with van der Waals surface area (Å²) in [4.78, 5) is 22.7. The topological polar surface area (TPSA) is 52.6 Å². The first-order chi connectivity index (χ1) is 7.99. The van der Waals surface area contributed by atoms with Crippen molar-refractivity contribution in [3.05, 3.63) is 12.2 Å². The Balaban J connectivity index is 2.56. The number of carbonyl (C=O) groups is 2. The van der Waals surface area contributed by atoms with Gasteiger partial charge in [-0.3, -0.25) is 9.59 Å². The van der Waals surface area contributed by atoms with E-state index in [9.17, 15) is 9.59 Å². The second-order valence-corrected chi connectivity index (χ2v) is 5.03. The maximum absolute atomic E-state index is 11.4. The molecule has 0 atom stereocenters. The van der Waals surface area contributed by atoms with Crippen LogP contribution in [-0.4, -0.2) is 25.2 Å². The van der Waals surface area contributed by atoms with Gasteiger partial charge in [-0.25, -0.2) is 0 Å². The molecule has 0 amide bonds. The maximum atomic E-state index is 11.4. The Morgan fingerprint density at radius 1 is 0.941 bits per heavy atom. The fraction of sp³-hybridized carbons (Fsp3) is 0.692. The third kappa shape index (κ3) is 6.09. The fourth-order valence-electron chi connectivity index (χ4n) is 1.38. The minimum atomic E-state index is -0.327. The zero-order valence-electron chi connectivity index (χ0n) is 10.5. The van der Waals surface area contributed by atoms with E-state index >= 15 is 0 Å². The number of ether oxygens (including phenoxy) is 2. The number of rotatable bonds is 0. The predicted octanol–water partition coefficient (Wildman–Crippen LogP) is 2.23. The van der Waals surface area contributed by atoms with Crippen molar-refractivity contribution in [3.63, 3.8) is 0 Å². The molecule has 1 aliphatic rings. The fourth-order valence-corrected chi connectivity index (χ4v) is 1.38. The van der Waals surface area contributed by atoms with Crippen molar-refractivity contribution >= 4 is 11.9 Å². The van der Waals surface area contributed by atoms with Gasteiger partial charge in [-0.05, 0) is 12.8 Å². The first kappa shape index (κ1) is 13.7. The highest BCUT2D eigenvalue weighted by atomic mass is 16.5. The summed E-state index contributed by atoms with van der Waals surface area (Å²) in [7, 11) is 0. The summed E-state index contributed by atoms with van der Waals surface area (Å²) in [5.41, 5.74) is -0.327. The average Bonchev–Trinajstić information content (AvgIpc) is 2.28. The maximum Gasteiger partial charge on any atom is 0.306 e. The van der Waals surface area contributed by atoms with Crippen LogP contribution in [0.3, 0.4) is 0 Å². The number of allylic oxidation sites excluding steroid dienone is 2. The third-order valence-electron chi connectivity index (χ3n) is 2.44. The van der Waals surface area contributed by atoms with Crippen LogP contribution in [0.4, 0.5) is 0 Å². The molecular weight excluding hydrogens is 220 g/mol. The van der Waals surface area contributed by atoms with Crippen LogP contribution in [-0.2, 0) is 19.1 Å². The van der Waals surface area contributed by atoms with Gasteiger partial charge in [-0.1, -0.05) is 26.0 Å². The van der Waals surface area contributed by atoms with Crippen molar-refractivity contribution in [2.75, 3.05) is 13.2 Å². The molecule has 0 radical (unpaired) electrons. The summed E-state index contributed by atoms with van der Waals surface area (Å²) in [6.45, 7) is 4.38. The lowest BCUT2D eigenvalue weighted by Gasteiger charge is -2.23. The van der Waals surface area contributed by atoms with Crippen LogP contribution < -0.4 is 0 Å². The van der Waals surface area contributed by atoms with Gasteiger partial charge in [0.25, 0.3) is 0 Å². The van der Waals surface area contributed by atoms with Crippen LogP contribution >= 0.6 is 0 Å². The molecule has 17 heavy (non-hydrogen) atoms. The van der Waals surface area contributed by atoms with Gasteiger partial charge in [0.2, 0.25) is 0 Å². The van der Waals surface area contributed by atoms with E-state index < -0.39 is 0 Å². The van der Waals surface area contributed by atoms with Gasteiger partial charge in [0, 0.05) is 18.3 Å². The first-order valence-corrected chi connectivity index (χ1v) is 5.96. The van der Waals surface area contributed by atoms with Gasteiger partial charge in [-0.15, -0.1) is 0 Å². The Morgan fingerprint density at radius 2 is 1.35 bits per heavy atom. The van der Waals surface area contributed by atoms with E-state index in [1.165, 1.54) is 0 Å². The summed E-state index contributed by atoms with van der Waals surface area (Å²) in [5, 5.41) is 0. The van der Waals surface area contributed by atoms with Crippen molar-refractivity contribution in [1.29, 1.82) is 0 Å². The van der Waals surface area contributed by atoms with E-state index in [4.69, 9.17) is 9.47 Å². The highest BCUT2D eigenvalue weighted by Gasteiger charge is 2.22. The molecule has 96 valence electrons. The number of hydrogen-bond donors (Lipinski definition) is 0. The molecule has 0 saturated carbocycles. The van der Waals surface area contributed by atoms with E-state index in [2.05, 4.69) is 0 Å². The largest absolute Gasteiger partial charge is 0.465 e. The average molecular weight is 240 g/mol. The van der Waals surface area contributed by atoms with Crippen LogP contribution in [0.5, 0.6) is 0 Å². The predicted molar refractivity (Wildman–Crippen MR) is 63.3 cm³/mol. The standard InChI is InChI=1S/C13H20O4/c1-13(2)9-16-11(14)7-5-3-4-6-8-12(15)17-10-13/h3-4H,5-10H2,1-2H3/b4-3+. The lowest BCUT2D eigenvalue weighted by molar-refractivity contribution is -0.152. The van der Waals surface area contributed by atoms with E-state index in [1.807, 2.05) is 26.0 Å². The smallest absolute Gasteiger partial charge is 0.306 e. The summed E-state index contributed by atoms with van der Waals surface area (Å²) in [6, 6.07) is 0. The molecule has 1 rings (SSSR count). The first-order valence-electron chi connectivity index (χ1n) is 5.96. The molecular formula is C13H20O4. The second-order valence-electron chi connectivity index (χ2n) is 5.03. The monoisotopic (exact) mass is 240 g/mol. The zero-order chi connectivity index (χ0) is 12.7. The summed E-state index contributed by atoms with van der Waals surface area (Å²) in [5.74, 6) is -0.401. The molecule has 0 aliphatic carbocycles. The highest BCUT2D eigenvalue weighted by Crippen LogP contribution is 2.17. The van der Waals surface area contributed by atoms with Gasteiger partial charge in [0.1, 0.15) is 0 Å². The Kier molecular flexibility index (Phi) is 5.19. The van der Waals surface area contributed by atoms with Gasteiger partial charge in [0.05, 0.1) is 13.2 Å². The molecule has 0 fully saturated rings. The highest BCUT2D eigenvalue weighted by molar-refractivity contribution is 5.70.